The molecule has 0 aromatic heterocycles. The standard InChI is InChI=1S/C17H19NO3/c1-13(19)16-5-3-4-6-17(16)18-11-12-21-15-9-7-14(20-2)8-10-15/h3-10,18H,11-12H2,1-2H3. The predicted molar refractivity (Wildman–Crippen MR) is 83.4 cm³/mol. The minimum atomic E-state index is 0.0502. The maximum absolute atomic E-state index is 11.5. The van der Waals surface area contributed by atoms with E-state index in [2.05, 4.69) is 5.32 Å². The number of anilines is 1. The van der Waals surface area contributed by atoms with Crippen molar-refractivity contribution in [2.24, 2.45) is 0 Å². The molecule has 0 unspecified atom stereocenters. The van der Waals surface area contributed by atoms with Gasteiger partial charge in [0.15, 0.2) is 5.78 Å². The molecule has 0 saturated carbocycles. The van der Waals surface area contributed by atoms with Gasteiger partial charge in [0, 0.05) is 17.8 Å². The van der Waals surface area contributed by atoms with Crippen LogP contribution in [0.2, 0.25) is 0 Å². The SMILES string of the molecule is COc1ccc(OCCNc2ccccc2C(C)=O)cc1. The Morgan fingerprint density at radius 1 is 1.05 bits per heavy atom. The van der Waals surface area contributed by atoms with Gasteiger partial charge in [-0.25, -0.2) is 0 Å². The molecule has 2 aromatic rings. The largest absolute Gasteiger partial charge is 0.497 e. The van der Waals surface area contributed by atoms with Crippen LogP contribution in [0, 0.1) is 0 Å². The van der Waals surface area contributed by atoms with Gasteiger partial charge < -0.3 is 14.8 Å². The summed E-state index contributed by atoms with van der Waals surface area (Å²) >= 11 is 0. The van der Waals surface area contributed by atoms with E-state index in [0.29, 0.717) is 18.7 Å². The Balaban J connectivity index is 1.83. The summed E-state index contributed by atoms with van der Waals surface area (Å²) in [6.45, 7) is 2.70. The van der Waals surface area contributed by atoms with Gasteiger partial charge >= 0.3 is 0 Å². The molecule has 0 fully saturated rings. The number of ketones is 1. The van der Waals surface area contributed by atoms with Crippen molar-refractivity contribution in [1.29, 1.82) is 0 Å². The lowest BCUT2D eigenvalue weighted by molar-refractivity contribution is 0.101. The fourth-order valence-corrected chi connectivity index (χ4v) is 1.97. The third-order valence-corrected chi connectivity index (χ3v) is 3.05. The molecule has 0 atom stereocenters. The Morgan fingerprint density at radius 3 is 2.38 bits per heavy atom. The molecule has 0 radical (unpaired) electrons. The maximum atomic E-state index is 11.5. The van der Waals surface area contributed by atoms with Crippen LogP contribution in [0.3, 0.4) is 0 Å². The second-order valence-corrected chi connectivity index (χ2v) is 4.55. The second kappa shape index (κ2) is 7.33. The summed E-state index contributed by atoms with van der Waals surface area (Å²) < 4.78 is 10.7. The summed E-state index contributed by atoms with van der Waals surface area (Å²) in [5.74, 6) is 1.64. The second-order valence-electron chi connectivity index (χ2n) is 4.55. The quantitative estimate of drug-likeness (QED) is 0.626. The molecule has 0 saturated heterocycles. The van der Waals surface area contributed by atoms with Crippen molar-refractivity contribution in [3.8, 4) is 11.5 Å². The van der Waals surface area contributed by atoms with Crippen LogP contribution in [0.5, 0.6) is 11.5 Å². The smallest absolute Gasteiger partial charge is 0.161 e. The molecule has 0 bridgehead atoms. The lowest BCUT2D eigenvalue weighted by atomic mass is 10.1. The molecule has 0 aliphatic heterocycles. The zero-order valence-corrected chi connectivity index (χ0v) is 12.3. The molecule has 4 heteroatoms. The van der Waals surface area contributed by atoms with Crippen molar-refractivity contribution in [3.63, 3.8) is 0 Å². The number of ether oxygens (including phenoxy) is 2. The van der Waals surface area contributed by atoms with Crippen molar-refractivity contribution in [2.45, 2.75) is 6.92 Å². The maximum Gasteiger partial charge on any atom is 0.161 e. The molecule has 0 aliphatic carbocycles. The van der Waals surface area contributed by atoms with Crippen LogP contribution >= 0.6 is 0 Å². The highest BCUT2D eigenvalue weighted by Gasteiger charge is 2.05. The van der Waals surface area contributed by atoms with E-state index in [1.165, 1.54) is 0 Å². The highest BCUT2D eigenvalue weighted by Crippen LogP contribution is 2.17. The Bertz CT molecular complexity index is 593. The highest BCUT2D eigenvalue weighted by molar-refractivity contribution is 5.99. The molecule has 1 N–H and O–H groups in total. The summed E-state index contributed by atoms with van der Waals surface area (Å²) in [6, 6.07) is 14.9. The molecular weight excluding hydrogens is 266 g/mol. The monoisotopic (exact) mass is 285 g/mol. The first-order valence-electron chi connectivity index (χ1n) is 6.81. The number of rotatable bonds is 7. The number of Topliss-reactive ketones (excluding diaryl/α,β-unsaturated/α-hetero) is 1. The topological polar surface area (TPSA) is 47.6 Å². The first kappa shape index (κ1) is 14.9. The summed E-state index contributed by atoms with van der Waals surface area (Å²) in [7, 11) is 1.63. The van der Waals surface area contributed by atoms with Gasteiger partial charge in [-0.1, -0.05) is 12.1 Å². The number of methoxy groups -OCH3 is 1. The molecule has 0 spiro atoms. The van der Waals surface area contributed by atoms with Crippen LogP contribution in [0.15, 0.2) is 48.5 Å². The zero-order chi connectivity index (χ0) is 15.1. The highest BCUT2D eigenvalue weighted by atomic mass is 16.5. The molecule has 4 nitrogen and oxygen atoms in total. The van der Waals surface area contributed by atoms with Crippen molar-refractivity contribution in [2.75, 3.05) is 25.6 Å². The third kappa shape index (κ3) is 4.24. The molecule has 21 heavy (non-hydrogen) atoms. The number of hydrogen-bond donors (Lipinski definition) is 1. The van der Waals surface area contributed by atoms with Crippen LogP contribution in [0.25, 0.3) is 0 Å². The third-order valence-electron chi connectivity index (χ3n) is 3.05. The first-order chi connectivity index (χ1) is 10.2. The summed E-state index contributed by atoms with van der Waals surface area (Å²) in [6.07, 6.45) is 0. The Labute approximate surface area is 124 Å². The van der Waals surface area contributed by atoms with E-state index in [1.54, 1.807) is 14.0 Å². The number of carbonyl (C=O) groups excluding carboxylic acids is 1. The van der Waals surface area contributed by atoms with E-state index in [9.17, 15) is 4.79 Å². The van der Waals surface area contributed by atoms with Gasteiger partial charge in [-0.2, -0.15) is 0 Å². The lowest BCUT2D eigenvalue weighted by Gasteiger charge is -2.11. The van der Waals surface area contributed by atoms with Crippen molar-refractivity contribution in [3.05, 3.63) is 54.1 Å². The normalized spacial score (nSPS) is 10.0. The molecule has 0 amide bonds. The van der Waals surface area contributed by atoms with E-state index in [4.69, 9.17) is 9.47 Å². The average Bonchev–Trinajstić information content (AvgIpc) is 2.52. The van der Waals surface area contributed by atoms with E-state index >= 15 is 0 Å². The molecule has 0 aliphatic rings. The Hall–Kier alpha value is -2.49. The van der Waals surface area contributed by atoms with Crippen molar-refractivity contribution < 1.29 is 14.3 Å². The predicted octanol–water partition coefficient (Wildman–Crippen LogP) is 3.39. The van der Waals surface area contributed by atoms with E-state index in [1.807, 2.05) is 48.5 Å². The Morgan fingerprint density at radius 2 is 1.71 bits per heavy atom. The Kier molecular flexibility index (Phi) is 5.21. The van der Waals surface area contributed by atoms with Gasteiger partial charge in [-0.05, 0) is 43.3 Å². The number of para-hydroxylation sites is 1. The van der Waals surface area contributed by atoms with Gasteiger partial charge in [0.25, 0.3) is 0 Å². The minimum Gasteiger partial charge on any atom is -0.497 e. The fraction of sp³-hybridized carbons (Fsp3) is 0.235. The molecule has 110 valence electrons. The summed E-state index contributed by atoms with van der Waals surface area (Å²) in [4.78, 5) is 11.5. The summed E-state index contributed by atoms with van der Waals surface area (Å²) in [5.41, 5.74) is 1.53. The van der Waals surface area contributed by atoms with Crippen LogP contribution in [-0.4, -0.2) is 26.0 Å². The van der Waals surface area contributed by atoms with Gasteiger partial charge in [0.2, 0.25) is 0 Å². The first-order valence-corrected chi connectivity index (χ1v) is 6.81. The van der Waals surface area contributed by atoms with Gasteiger partial charge in [0.05, 0.1) is 7.11 Å². The van der Waals surface area contributed by atoms with Crippen LogP contribution in [0.1, 0.15) is 17.3 Å². The number of nitrogens with one attached hydrogen (secondary N) is 1. The van der Waals surface area contributed by atoms with Gasteiger partial charge in [-0.15, -0.1) is 0 Å². The number of hydrogen-bond acceptors (Lipinski definition) is 4. The van der Waals surface area contributed by atoms with Gasteiger partial charge in [0.1, 0.15) is 18.1 Å². The van der Waals surface area contributed by atoms with E-state index in [0.717, 1.165) is 17.2 Å². The lowest BCUT2D eigenvalue weighted by Crippen LogP contribution is -2.13. The average molecular weight is 285 g/mol. The fourth-order valence-electron chi connectivity index (χ4n) is 1.97. The number of benzene rings is 2. The molecule has 2 rings (SSSR count). The van der Waals surface area contributed by atoms with E-state index in [-0.39, 0.29) is 5.78 Å². The van der Waals surface area contributed by atoms with Crippen LogP contribution in [0.4, 0.5) is 5.69 Å². The molecule has 2 aromatic carbocycles. The molecule has 0 heterocycles. The van der Waals surface area contributed by atoms with Crippen LogP contribution in [-0.2, 0) is 0 Å². The summed E-state index contributed by atoms with van der Waals surface area (Å²) in [5, 5.41) is 3.22. The molecular formula is C17H19NO3. The van der Waals surface area contributed by atoms with Crippen LogP contribution < -0.4 is 14.8 Å². The zero-order valence-electron chi connectivity index (χ0n) is 12.3. The van der Waals surface area contributed by atoms with Crippen molar-refractivity contribution >= 4 is 11.5 Å². The number of carbonyl (C=O) groups is 1. The van der Waals surface area contributed by atoms with E-state index < -0.39 is 0 Å². The van der Waals surface area contributed by atoms with Gasteiger partial charge in [-0.3, -0.25) is 4.79 Å². The minimum absolute atomic E-state index is 0.0502. The van der Waals surface area contributed by atoms with Crippen molar-refractivity contribution in [1.82, 2.24) is 0 Å².